The number of anilines is 1. The Hall–Kier alpha value is -1.09. The number of rotatable bonds is 4. The smallest absolute Gasteiger partial charge is 0.125 e. The highest BCUT2D eigenvalue weighted by atomic mass is 16.5. The number of nitrogens with zero attached hydrogens (tertiary/aromatic N) is 1. The van der Waals surface area contributed by atoms with E-state index in [-0.39, 0.29) is 0 Å². The summed E-state index contributed by atoms with van der Waals surface area (Å²) >= 11 is 0. The van der Waals surface area contributed by atoms with Gasteiger partial charge in [-0.3, -0.25) is 0 Å². The van der Waals surface area contributed by atoms with Gasteiger partial charge in [0.1, 0.15) is 5.82 Å². The molecule has 0 radical (unpaired) electrons. The van der Waals surface area contributed by atoms with Crippen LogP contribution in [0.4, 0.5) is 5.82 Å². The van der Waals surface area contributed by atoms with Crippen molar-refractivity contribution in [3.05, 3.63) is 23.9 Å². The fourth-order valence-corrected chi connectivity index (χ4v) is 4.28. The zero-order chi connectivity index (χ0) is 14.4. The van der Waals surface area contributed by atoms with Gasteiger partial charge in [-0.25, -0.2) is 4.98 Å². The molecular weight excluding hydrogens is 248 g/mol. The summed E-state index contributed by atoms with van der Waals surface area (Å²) in [5.74, 6) is 1.74. The van der Waals surface area contributed by atoms with E-state index in [0.717, 1.165) is 11.7 Å². The quantitative estimate of drug-likeness (QED) is 0.905. The number of nitrogens with one attached hydrogen (secondary N) is 1. The highest BCUT2D eigenvalue weighted by molar-refractivity contribution is 5.36. The predicted molar refractivity (Wildman–Crippen MR) is 81.6 cm³/mol. The summed E-state index contributed by atoms with van der Waals surface area (Å²) in [5, 5.41) is 3.08. The largest absolute Gasteiger partial charge is 0.373 e. The summed E-state index contributed by atoms with van der Waals surface area (Å²) in [5.41, 5.74) is 1.97. The van der Waals surface area contributed by atoms with Crippen LogP contribution in [0.2, 0.25) is 0 Å². The van der Waals surface area contributed by atoms with Gasteiger partial charge in [-0.1, -0.05) is 20.8 Å². The van der Waals surface area contributed by atoms with E-state index in [1.54, 1.807) is 0 Å². The zero-order valence-electron chi connectivity index (χ0n) is 13.1. The van der Waals surface area contributed by atoms with E-state index in [4.69, 9.17) is 4.74 Å². The van der Waals surface area contributed by atoms with Gasteiger partial charge < -0.3 is 10.1 Å². The second-order valence-corrected chi connectivity index (χ2v) is 7.21. The number of hydrogen-bond donors (Lipinski definition) is 1. The lowest BCUT2D eigenvalue weighted by Crippen LogP contribution is -2.37. The van der Waals surface area contributed by atoms with Gasteiger partial charge >= 0.3 is 0 Å². The molecule has 1 aromatic heterocycles. The Bertz CT molecular complexity index is 500. The van der Waals surface area contributed by atoms with Gasteiger partial charge in [0.15, 0.2) is 0 Å². The molecule has 0 aliphatic heterocycles. The van der Waals surface area contributed by atoms with Gasteiger partial charge in [0.2, 0.25) is 0 Å². The van der Waals surface area contributed by atoms with E-state index in [1.807, 2.05) is 19.3 Å². The molecule has 110 valence electrons. The Morgan fingerprint density at radius 1 is 1.40 bits per heavy atom. The summed E-state index contributed by atoms with van der Waals surface area (Å²) < 4.78 is 6.31. The normalized spacial score (nSPS) is 34.4. The third kappa shape index (κ3) is 1.95. The highest BCUT2D eigenvalue weighted by Crippen LogP contribution is 2.66. The fraction of sp³-hybridized carbons (Fsp3) is 0.706. The first-order valence-corrected chi connectivity index (χ1v) is 7.71. The lowest BCUT2D eigenvalue weighted by Gasteiger charge is -2.38. The number of fused-ring (bicyclic) bond motifs is 2. The third-order valence-electron chi connectivity index (χ3n) is 6.25. The number of aromatic nitrogens is 1. The monoisotopic (exact) mass is 274 g/mol. The third-order valence-corrected chi connectivity index (χ3v) is 6.25. The lowest BCUT2D eigenvalue weighted by atomic mass is 9.70. The first-order chi connectivity index (χ1) is 9.47. The van der Waals surface area contributed by atoms with Crippen molar-refractivity contribution in [2.75, 3.05) is 12.4 Å². The number of pyridine rings is 1. The lowest BCUT2D eigenvalue weighted by molar-refractivity contribution is -0.0550. The Kier molecular flexibility index (Phi) is 3.28. The van der Waals surface area contributed by atoms with E-state index >= 15 is 0 Å². The maximum atomic E-state index is 6.31. The minimum atomic E-state index is 0.344. The van der Waals surface area contributed by atoms with Crippen LogP contribution in [0, 0.1) is 16.7 Å². The van der Waals surface area contributed by atoms with Crippen molar-refractivity contribution in [3.63, 3.8) is 0 Å². The van der Waals surface area contributed by atoms with Crippen molar-refractivity contribution in [2.24, 2.45) is 16.7 Å². The molecule has 2 aliphatic rings. The van der Waals surface area contributed by atoms with Crippen molar-refractivity contribution < 1.29 is 4.74 Å². The van der Waals surface area contributed by atoms with Crippen LogP contribution in [0.3, 0.4) is 0 Å². The summed E-state index contributed by atoms with van der Waals surface area (Å²) in [6.45, 7) is 7.98. The first kappa shape index (κ1) is 13.9. The molecule has 3 unspecified atom stereocenters. The van der Waals surface area contributed by atoms with E-state index in [2.05, 4.69) is 37.1 Å². The summed E-state index contributed by atoms with van der Waals surface area (Å²) in [6, 6.07) is 4.11. The van der Waals surface area contributed by atoms with Crippen LogP contribution in [0.15, 0.2) is 18.3 Å². The van der Waals surface area contributed by atoms with Crippen LogP contribution in [0.25, 0.3) is 0 Å². The zero-order valence-corrected chi connectivity index (χ0v) is 13.1. The van der Waals surface area contributed by atoms with Crippen LogP contribution in [0.1, 0.15) is 45.6 Å². The molecule has 1 N–H and O–H groups in total. The summed E-state index contributed by atoms with van der Waals surface area (Å²) in [7, 11) is 1.90. The molecule has 3 atom stereocenters. The first-order valence-electron chi connectivity index (χ1n) is 7.71. The number of ether oxygens (including phenoxy) is 1. The van der Waals surface area contributed by atoms with E-state index in [0.29, 0.717) is 23.5 Å². The molecule has 2 saturated carbocycles. The van der Waals surface area contributed by atoms with E-state index in [1.165, 1.54) is 24.8 Å². The van der Waals surface area contributed by atoms with Gasteiger partial charge in [0.25, 0.3) is 0 Å². The molecule has 0 aromatic carbocycles. The predicted octanol–water partition coefficient (Wildman–Crippen LogP) is 3.85. The van der Waals surface area contributed by atoms with Gasteiger partial charge in [0.05, 0.1) is 12.7 Å². The summed E-state index contributed by atoms with van der Waals surface area (Å²) in [4.78, 5) is 4.25. The van der Waals surface area contributed by atoms with E-state index < -0.39 is 0 Å². The van der Waals surface area contributed by atoms with Crippen molar-refractivity contribution in [1.29, 1.82) is 0 Å². The van der Waals surface area contributed by atoms with Crippen molar-refractivity contribution in [2.45, 2.75) is 52.7 Å². The molecule has 2 aliphatic carbocycles. The van der Waals surface area contributed by atoms with Gasteiger partial charge in [-0.2, -0.15) is 0 Å². The maximum Gasteiger partial charge on any atom is 0.125 e. The second-order valence-electron chi connectivity index (χ2n) is 7.21. The maximum absolute atomic E-state index is 6.31. The molecule has 3 rings (SSSR count). The Balaban J connectivity index is 1.68. The SMILES string of the molecule is CNc1cc(COC2CC3CCC2(C)C3(C)C)ccn1. The molecule has 1 aromatic rings. The fourth-order valence-electron chi connectivity index (χ4n) is 4.28. The van der Waals surface area contributed by atoms with E-state index in [9.17, 15) is 0 Å². The minimum Gasteiger partial charge on any atom is -0.373 e. The molecule has 0 amide bonds. The molecule has 3 nitrogen and oxygen atoms in total. The average Bonchev–Trinajstić information content (AvgIpc) is 2.78. The standard InChI is InChI=1S/C17H26N2O/c1-16(2)13-5-7-17(16,3)14(10-13)20-11-12-6-8-19-15(9-12)18-4/h6,8-9,13-14H,5,7,10-11H2,1-4H3,(H,18,19). The van der Waals surface area contributed by atoms with Gasteiger partial charge in [0, 0.05) is 13.2 Å². The minimum absolute atomic E-state index is 0.344. The molecule has 0 spiro atoms. The molecule has 2 fully saturated rings. The van der Waals surface area contributed by atoms with Gasteiger partial charge in [-0.05, 0) is 53.7 Å². The van der Waals surface area contributed by atoms with Crippen molar-refractivity contribution in [3.8, 4) is 0 Å². The van der Waals surface area contributed by atoms with Crippen LogP contribution in [0.5, 0.6) is 0 Å². The van der Waals surface area contributed by atoms with Gasteiger partial charge in [-0.15, -0.1) is 0 Å². The molecular formula is C17H26N2O. The molecule has 1 heterocycles. The van der Waals surface area contributed by atoms with Crippen LogP contribution < -0.4 is 5.32 Å². The van der Waals surface area contributed by atoms with Crippen LogP contribution in [-0.4, -0.2) is 18.1 Å². The topological polar surface area (TPSA) is 34.1 Å². The Morgan fingerprint density at radius 3 is 2.80 bits per heavy atom. The summed E-state index contributed by atoms with van der Waals surface area (Å²) in [6.07, 6.45) is 6.17. The molecule has 20 heavy (non-hydrogen) atoms. The van der Waals surface area contributed by atoms with Crippen molar-refractivity contribution >= 4 is 5.82 Å². The molecule has 0 saturated heterocycles. The molecule has 3 heteroatoms. The second kappa shape index (κ2) is 4.73. The van der Waals surface area contributed by atoms with Crippen LogP contribution in [-0.2, 0) is 11.3 Å². The van der Waals surface area contributed by atoms with Crippen LogP contribution >= 0.6 is 0 Å². The highest BCUT2D eigenvalue weighted by Gasteiger charge is 2.61. The molecule has 2 bridgehead atoms. The number of hydrogen-bond acceptors (Lipinski definition) is 3. The Labute approximate surface area is 122 Å². The average molecular weight is 274 g/mol. The Morgan fingerprint density at radius 2 is 2.20 bits per heavy atom. The van der Waals surface area contributed by atoms with Crippen molar-refractivity contribution in [1.82, 2.24) is 4.98 Å².